The van der Waals surface area contributed by atoms with Crippen LogP contribution in [0.15, 0.2) is 259 Å². The first-order valence-corrected chi connectivity index (χ1v) is 28.0. The largest absolute Gasteiger partial charge is 0.327 e. The summed E-state index contributed by atoms with van der Waals surface area (Å²) in [6.07, 6.45) is 1.95. The minimum Gasteiger partial charge on any atom is -0.327 e. The zero-order valence-corrected chi connectivity index (χ0v) is 40.2. The summed E-state index contributed by atoms with van der Waals surface area (Å²) in [4.78, 5) is 13.1. The Hall–Kier alpha value is -7.82. The van der Waals surface area contributed by atoms with Crippen molar-refractivity contribution in [1.82, 2.24) is 19.1 Å². The summed E-state index contributed by atoms with van der Waals surface area (Å²) >= 11 is 1.92. The van der Waals surface area contributed by atoms with Gasteiger partial charge in [-0.3, -0.25) is 4.57 Å². The molecule has 1 aliphatic rings. The van der Waals surface area contributed by atoms with E-state index >= 15 is 0 Å². The fourth-order valence-corrected chi connectivity index (χ4v) is 23.3. The third-order valence-electron chi connectivity index (χ3n) is 14.3. The van der Waals surface area contributed by atoms with Gasteiger partial charge in [-0.1, -0.05) is 206 Å². The van der Waals surface area contributed by atoms with Gasteiger partial charge in [0.2, 0.25) is 0 Å². The molecule has 0 saturated heterocycles. The standard InChI is InChI=1S/C61H44N4SSi2/c1-64-53-35-15-14-34-52(53)63-60(64)43-21-18-31-49(41-43)67(45-23-6-2-7-24-45,46-25-8-3-9-26-46)50-32-19-22-44(42-50)65-54-38-39-57-59(58(54)51-33-20-40-62-61(51)65)66-55-36-16-17-37-56(55)68(57,47-27-10-4-11-28-47)48-29-12-5-13-30-48/h2-42H,1H3. The zero-order valence-electron chi connectivity index (χ0n) is 37.4. The first-order valence-electron chi connectivity index (χ1n) is 23.2. The van der Waals surface area contributed by atoms with Gasteiger partial charge in [0, 0.05) is 45.1 Å². The van der Waals surface area contributed by atoms with Gasteiger partial charge < -0.3 is 4.57 Å². The van der Waals surface area contributed by atoms with Crippen LogP contribution in [-0.4, -0.2) is 35.2 Å². The third-order valence-corrected chi connectivity index (χ3v) is 25.4. The van der Waals surface area contributed by atoms with Gasteiger partial charge in [0.15, 0.2) is 16.1 Å². The van der Waals surface area contributed by atoms with Crippen molar-refractivity contribution in [2.45, 2.75) is 9.79 Å². The minimum absolute atomic E-state index is 0.953. The Morgan fingerprint density at radius 2 is 1.09 bits per heavy atom. The lowest BCUT2D eigenvalue weighted by atomic mass is 10.2. The summed E-state index contributed by atoms with van der Waals surface area (Å²) in [7, 11) is -3.69. The molecule has 0 bridgehead atoms. The smallest absolute Gasteiger partial charge is 0.181 e. The van der Waals surface area contributed by atoms with E-state index in [1.807, 2.05) is 18.0 Å². The highest BCUT2D eigenvalue weighted by molar-refractivity contribution is 8.00. The first kappa shape index (κ1) is 40.5. The second-order valence-corrected chi connectivity index (χ2v) is 26.3. The molecule has 0 unspecified atom stereocenters. The molecular weight excluding hydrogens is 877 g/mol. The average Bonchev–Trinajstić information content (AvgIpc) is 3.94. The van der Waals surface area contributed by atoms with E-state index in [-0.39, 0.29) is 0 Å². The topological polar surface area (TPSA) is 35.6 Å². The Morgan fingerprint density at radius 3 is 1.79 bits per heavy atom. The Bertz CT molecular complexity index is 3770. The lowest BCUT2D eigenvalue weighted by molar-refractivity contribution is 0.959. The average molecular weight is 921 g/mol. The predicted molar refractivity (Wildman–Crippen MR) is 290 cm³/mol. The van der Waals surface area contributed by atoms with Crippen molar-refractivity contribution in [3.63, 3.8) is 0 Å². The third kappa shape index (κ3) is 5.99. The van der Waals surface area contributed by atoms with E-state index in [9.17, 15) is 0 Å². The molecular formula is C61H44N4SSi2. The maximum atomic E-state index is 5.25. The van der Waals surface area contributed by atoms with Gasteiger partial charge in [-0.15, -0.1) is 0 Å². The van der Waals surface area contributed by atoms with E-state index in [1.165, 1.54) is 56.7 Å². The summed E-state index contributed by atoms with van der Waals surface area (Å²) in [6.45, 7) is 0. The molecule has 0 spiro atoms. The highest BCUT2D eigenvalue weighted by Gasteiger charge is 2.48. The van der Waals surface area contributed by atoms with Crippen LogP contribution in [0.25, 0.3) is 50.0 Å². The zero-order chi connectivity index (χ0) is 45.2. The van der Waals surface area contributed by atoms with E-state index in [0.717, 1.165) is 44.7 Å². The van der Waals surface area contributed by atoms with Gasteiger partial charge in [0.25, 0.3) is 0 Å². The van der Waals surface area contributed by atoms with Crippen LogP contribution in [0, 0.1) is 0 Å². The number of pyridine rings is 1. The lowest BCUT2D eigenvalue weighted by Gasteiger charge is -2.40. The van der Waals surface area contributed by atoms with Crippen LogP contribution in [-0.2, 0) is 7.05 Å². The number of benzene rings is 9. The van der Waals surface area contributed by atoms with Crippen LogP contribution in [0.5, 0.6) is 0 Å². The van der Waals surface area contributed by atoms with Crippen LogP contribution >= 0.6 is 11.8 Å². The number of imidazole rings is 1. The van der Waals surface area contributed by atoms with Crippen LogP contribution < -0.4 is 41.5 Å². The van der Waals surface area contributed by atoms with Gasteiger partial charge >= 0.3 is 0 Å². The van der Waals surface area contributed by atoms with Gasteiger partial charge in [-0.25, -0.2) is 9.97 Å². The van der Waals surface area contributed by atoms with E-state index in [2.05, 4.69) is 259 Å². The first-order chi connectivity index (χ1) is 33.7. The number of hydrogen-bond donors (Lipinski definition) is 0. The number of aromatic nitrogens is 4. The summed E-state index contributed by atoms with van der Waals surface area (Å²) in [5.74, 6) is 0.956. The number of nitrogens with zero attached hydrogens (tertiary/aromatic N) is 4. The summed E-state index contributed by atoms with van der Waals surface area (Å²) in [5, 5.41) is 13.3. The van der Waals surface area contributed by atoms with Gasteiger partial charge in [-0.2, -0.15) is 0 Å². The fourth-order valence-electron chi connectivity index (χ4n) is 11.4. The number of rotatable bonds is 8. The molecule has 12 aromatic rings. The predicted octanol–water partition coefficient (Wildman–Crippen LogP) is 8.95. The Kier molecular flexibility index (Phi) is 9.64. The monoisotopic (exact) mass is 920 g/mol. The molecule has 7 heteroatoms. The molecule has 4 heterocycles. The van der Waals surface area contributed by atoms with Gasteiger partial charge in [0.1, 0.15) is 11.5 Å². The van der Waals surface area contributed by atoms with Crippen molar-refractivity contribution in [2.24, 2.45) is 7.05 Å². The number of para-hydroxylation sites is 2. The van der Waals surface area contributed by atoms with E-state index < -0.39 is 16.1 Å². The Balaban J connectivity index is 1.08. The summed E-state index contributed by atoms with van der Waals surface area (Å²) in [5.41, 5.74) is 6.41. The Labute approximate surface area is 401 Å². The molecule has 0 atom stereocenters. The molecule has 13 rings (SSSR count). The second kappa shape index (κ2) is 16.2. The fraction of sp³-hybridized carbons (Fsp3) is 0.0164. The highest BCUT2D eigenvalue weighted by atomic mass is 32.2. The number of hydrogen-bond acceptors (Lipinski definition) is 3. The van der Waals surface area contributed by atoms with Crippen LogP contribution in [0.4, 0.5) is 0 Å². The summed E-state index contributed by atoms with van der Waals surface area (Å²) in [6, 6.07) is 90.4. The second-order valence-electron chi connectivity index (χ2n) is 17.7. The highest BCUT2D eigenvalue weighted by Crippen LogP contribution is 2.42. The van der Waals surface area contributed by atoms with Gasteiger partial charge in [-0.05, 0) is 90.0 Å². The van der Waals surface area contributed by atoms with Crippen molar-refractivity contribution in [3.8, 4) is 17.1 Å². The molecule has 0 radical (unpaired) electrons. The normalized spacial score (nSPS) is 13.1. The van der Waals surface area contributed by atoms with E-state index in [1.54, 1.807) is 0 Å². The molecule has 0 fully saturated rings. The van der Waals surface area contributed by atoms with E-state index in [0.29, 0.717) is 0 Å². The molecule has 68 heavy (non-hydrogen) atoms. The molecule has 4 nitrogen and oxygen atoms in total. The molecule has 0 N–H and O–H groups in total. The van der Waals surface area contributed by atoms with Crippen molar-refractivity contribution < 1.29 is 0 Å². The molecule has 9 aromatic carbocycles. The molecule has 1 aliphatic heterocycles. The van der Waals surface area contributed by atoms with Crippen molar-refractivity contribution in [3.05, 3.63) is 249 Å². The molecule has 0 saturated carbocycles. The number of aryl methyl sites for hydroxylation is 1. The number of fused-ring (bicyclic) bond motifs is 7. The lowest BCUT2D eigenvalue weighted by Crippen LogP contribution is -2.76. The summed E-state index contributed by atoms with van der Waals surface area (Å²) < 4.78 is 4.65. The van der Waals surface area contributed by atoms with E-state index in [4.69, 9.17) is 9.97 Å². The molecule has 0 amide bonds. The molecule has 322 valence electrons. The van der Waals surface area contributed by atoms with Crippen LogP contribution in [0.1, 0.15) is 0 Å². The molecule has 0 aliphatic carbocycles. The maximum absolute atomic E-state index is 5.25. The molecule has 3 aromatic heterocycles. The minimum atomic E-state index is -3.03. The van der Waals surface area contributed by atoms with Crippen LogP contribution in [0.2, 0.25) is 0 Å². The van der Waals surface area contributed by atoms with Crippen molar-refractivity contribution in [2.75, 3.05) is 0 Å². The maximum Gasteiger partial charge on any atom is 0.181 e. The quantitative estimate of drug-likeness (QED) is 0.113. The van der Waals surface area contributed by atoms with Crippen molar-refractivity contribution >= 4 is 102 Å². The van der Waals surface area contributed by atoms with Crippen LogP contribution in [0.3, 0.4) is 0 Å². The van der Waals surface area contributed by atoms with Gasteiger partial charge in [0.05, 0.1) is 16.6 Å². The van der Waals surface area contributed by atoms with Crippen molar-refractivity contribution in [1.29, 1.82) is 0 Å². The Morgan fingerprint density at radius 1 is 0.485 bits per heavy atom. The SMILES string of the molecule is Cn1c(-c2cccc([Si](c3ccccc3)(c3ccccc3)c3cccc(-n4c5ccc6c(c5c5cccnc54)Sc4ccccc4[Si]6(c4ccccc4)c4ccccc4)c3)c2)nc2ccccc21.